The fourth-order valence-electron chi connectivity index (χ4n) is 4.70. The van der Waals surface area contributed by atoms with E-state index in [1.807, 2.05) is 35.4 Å². The van der Waals surface area contributed by atoms with Gasteiger partial charge in [-0.2, -0.15) is 0 Å². The van der Waals surface area contributed by atoms with E-state index in [1.165, 1.54) is 5.56 Å². The number of benzene rings is 1. The molecule has 3 aromatic rings. The van der Waals surface area contributed by atoms with Crippen LogP contribution in [0.15, 0.2) is 61.1 Å². The Bertz CT molecular complexity index is 1090. The summed E-state index contributed by atoms with van der Waals surface area (Å²) in [4.78, 5) is 23.9. The molecule has 0 N–H and O–H groups in total. The molecule has 1 spiro atoms. The summed E-state index contributed by atoms with van der Waals surface area (Å²) in [6, 6.07) is 14.0. The Balaban J connectivity index is 1.53. The maximum atomic E-state index is 13.3. The highest BCUT2D eigenvalue weighted by atomic mass is 16.5. The second-order valence-corrected chi connectivity index (χ2v) is 8.22. The predicted octanol–water partition coefficient (Wildman–Crippen LogP) is 3.79. The molecule has 6 nitrogen and oxygen atoms in total. The van der Waals surface area contributed by atoms with Crippen LogP contribution < -0.4 is 9.64 Å². The van der Waals surface area contributed by atoms with Crippen LogP contribution in [0.25, 0.3) is 11.1 Å². The normalized spacial score (nSPS) is 16.9. The summed E-state index contributed by atoms with van der Waals surface area (Å²) in [6.45, 7) is 2.12. The monoisotopic (exact) mass is 415 g/mol. The first-order valence-electron chi connectivity index (χ1n) is 10.6. The Kier molecular flexibility index (Phi) is 5.16. The zero-order valence-corrected chi connectivity index (χ0v) is 17.6. The summed E-state index contributed by atoms with van der Waals surface area (Å²) in [7, 11) is 1.64. The summed E-state index contributed by atoms with van der Waals surface area (Å²) in [6.07, 6.45) is 7.40. The molecular weight excluding hydrogens is 390 g/mol. The molecule has 4 heterocycles. The fourth-order valence-corrected chi connectivity index (χ4v) is 4.70. The molecule has 0 unspecified atom stereocenters. The first kappa shape index (κ1) is 19.7. The number of methoxy groups -OCH3 is 1. The summed E-state index contributed by atoms with van der Waals surface area (Å²) < 4.78 is 11.0. The zero-order valence-electron chi connectivity index (χ0n) is 17.6. The average Bonchev–Trinajstić information content (AvgIpc) is 3.13. The molecule has 0 saturated carbocycles. The van der Waals surface area contributed by atoms with Crippen molar-refractivity contribution in [3.63, 3.8) is 0 Å². The van der Waals surface area contributed by atoms with Crippen molar-refractivity contribution in [1.82, 2.24) is 9.97 Å². The Morgan fingerprint density at radius 1 is 1.13 bits per heavy atom. The standard InChI is InChI=1S/C25H25N3O3/c1-30-21-12-19(15-26-16-21)18-5-6-23-22(13-18)25(7-10-31-11-8-25)17-28(23)24(29)14-20-4-2-3-9-27-20/h2-6,9,12-13,15-16H,7-8,10-11,14,17H2,1H3. The molecule has 0 atom stereocenters. The van der Waals surface area contributed by atoms with Crippen LogP contribution in [0.5, 0.6) is 5.75 Å². The lowest BCUT2D eigenvalue weighted by molar-refractivity contribution is -0.118. The lowest BCUT2D eigenvalue weighted by atomic mass is 9.75. The van der Waals surface area contributed by atoms with Crippen molar-refractivity contribution in [3.8, 4) is 16.9 Å². The first-order chi connectivity index (χ1) is 15.2. The highest BCUT2D eigenvalue weighted by Crippen LogP contribution is 2.48. The summed E-state index contributed by atoms with van der Waals surface area (Å²) in [5.41, 5.74) is 5.03. The van der Waals surface area contributed by atoms with Gasteiger partial charge in [0.1, 0.15) is 5.75 Å². The van der Waals surface area contributed by atoms with Crippen LogP contribution >= 0.6 is 0 Å². The maximum Gasteiger partial charge on any atom is 0.233 e. The highest BCUT2D eigenvalue weighted by molar-refractivity contribution is 5.98. The van der Waals surface area contributed by atoms with Gasteiger partial charge in [-0.1, -0.05) is 12.1 Å². The van der Waals surface area contributed by atoms with Crippen LogP contribution in [0.2, 0.25) is 0 Å². The van der Waals surface area contributed by atoms with E-state index in [2.05, 4.69) is 28.2 Å². The van der Waals surface area contributed by atoms with E-state index >= 15 is 0 Å². The number of hydrogen-bond donors (Lipinski definition) is 0. The van der Waals surface area contributed by atoms with Gasteiger partial charge in [0.2, 0.25) is 5.91 Å². The molecule has 31 heavy (non-hydrogen) atoms. The van der Waals surface area contributed by atoms with Gasteiger partial charge in [0, 0.05) is 54.5 Å². The van der Waals surface area contributed by atoms with E-state index in [9.17, 15) is 4.79 Å². The molecule has 6 heteroatoms. The number of aromatic nitrogens is 2. The number of nitrogens with zero attached hydrogens (tertiary/aromatic N) is 3. The second-order valence-electron chi connectivity index (χ2n) is 8.22. The molecule has 2 aliphatic heterocycles. The number of ether oxygens (including phenoxy) is 2. The third kappa shape index (κ3) is 3.68. The summed E-state index contributed by atoms with van der Waals surface area (Å²) in [5, 5.41) is 0. The van der Waals surface area contributed by atoms with E-state index in [4.69, 9.17) is 9.47 Å². The van der Waals surface area contributed by atoms with Gasteiger partial charge in [-0.15, -0.1) is 0 Å². The van der Waals surface area contributed by atoms with E-state index in [1.54, 1.807) is 19.5 Å². The minimum absolute atomic E-state index is 0.0737. The quantitative estimate of drug-likeness (QED) is 0.649. The minimum atomic E-state index is -0.0737. The highest BCUT2D eigenvalue weighted by Gasteiger charge is 2.45. The van der Waals surface area contributed by atoms with Gasteiger partial charge < -0.3 is 14.4 Å². The topological polar surface area (TPSA) is 64.6 Å². The first-order valence-corrected chi connectivity index (χ1v) is 10.6. The third-order valence-electron chi connectivity index (χ3n) is 6.41. The lowest BCUT2D eigenvalue weighted by Gasteiger charge is -2.34. The molecule has 2 aliphatic rings. The molecule has 0 bridgehead atoms. The smallest absolute Gasteiger partial charge is 0.233 e. The summed E-state index contributed by atoms with van der Waals surface area (Å²) in [5.74, 6) is 0.810. The van der Waals surface area contributed by atoms with Crippen molar-refractivity contribution in [3.05, 3.63) is 72.3 Å². The van der Waals surface area contributed by atoms with Gasteiger partial charge in [0.15, 0.2) is 0 Å². The molecule has 158 valence electrons. The number of carbonyl (C=O) groups excluding carboxylic acids is 1. The van der Waals surface area contributed by atoms with Crippen molar-refractivity contribution >= 4 is 11.6 Å². The Labute approximate surface area is 181 Å². The lowest BCUT2D eigenvalue weighted by Crippen LogP contribution is -2.41. The Hall–Kier alpha value is -3.25. The fraction of sp³-hybridized carbons (Fsp3) is 0.320. The number of carbonyl (C=O) groups is 1. The van der Waals surface area contributed by atoms with Crippen LogP contribution in [0.3, 0.4) is 0 Å². The van der Waals surface area contributed by atoms with Gasteiger partial charge >= 0.3 is 0 Å². The van der Waals surface area contributed by atoms with Crippen LogP contribution in [0.4, 0.5) is 5.69 Å². The van der Waals surface area contributed by atoms with Crippen molar-refractivity contribution in [2.24, 2.45) is 0 Å². The molecule has 1 amide bonds. The van der Waals surface area contributed by atoms with Crippen LogP contribution in [0.1, 0.15) is 24.1 Å². The number of fused-ring (bicyclic) bond motifs is 2. The average molecular weight is 415 g/mol. The van der Waals surface area contributed by atoms with Crippen LogP contribution in [-0.4, -0.2) is 42.7 Å². The van der Waals surface area contributed by atoms with Crippen LogP contribution in [-0.2, 0) is 21.4 Å². The number of amides is 1. The van der Waals surface area contributed by atoms with Gasteiger partial charge in [-0.25, -0.2) is 0 Å². The Morgan fingerprint density at radius 3 is 2.77 bits per heavy atom. The largest absolute Gasteiger partial charge is 0.495 e. The van der Waals surface area contributed by atoms with Crippen molar-refractivity contribution in [2.75, 3.05) is 31.8 Å². The molecule has 5 rings (SSSR count). The van der Waals surface area contributed by atoms with Crippen molar-refractivity contribution < 1.29 is 14.3 Å². The molecule has 1 aromatic carbocycles. The zero-order chi connectivity index (χ0) is 21.3. The molecule has 1 saturated heterocycles. The molecular formula is C25H25N3O3. The van der Waals surface area contributed by atoms with E-state index in [0.717, 1.165) is 41.1 Å². The van der Waals surface area contributed by atoms with Crippen molar-refractivity contribution in [1.29, 1.82) is 0 Å². The molecule has 0 radical (unpaired) electrons. The number of hydrogen-bond acceptors (Lipinski definition) is 5. The maximum absolute atomic E-state index is 13.3. The number of rotatable bonds is 4. The van der Waals surface area contributed by atoms with E-state index in [-0.39, 0.29) is 11.3 Å². The number of anilines is 1. The molecule has 2 aromatic heterocycles. The van der Waals surface area contributed by atoms with E-state index < -0.39 is 0 Å². The van der Waals surface area contributed by atoms with Gasteiger partial charge in [-0.05, 0) is 54.3 Å². The van der Waals surface area contributed by atoms with Crippen molar-refractivity contribution in [2.45, 2.75) is 24.7 Å². The summed E-state index contributed by atoms with van der Waals surface area (Å²) >= 11 is 0. The van der Waals surface area contributed by atoms with Gasteiger partial charge in [-0.3, -0.25) is 14.8 Å². The van der Waals surface area contributed by atoms with Crippen LogP contribution in [0, 0.1) is 0 Å². The minimum Gasteiger partial charge on any atom is -0.495 e. The SMILES string of the molecule is COc1cncc(-c2ccc3c(c2)C2(CCOCC2)CN3C(=O)Cc2ccccn2)c1. The predicted molar refractivity (Wildman–Crippen MR) is 118 cm³/mol. The Morgan fingerprint density at radius 2 is 2.00 bits per heavy atom. The second kappa shape index (κ2) is 8.12. The molecule has 1 fully saturated rings. The third-order valence-corrected chi connectivity index (χ3v) is 6.41. The number of pyridine rings is 2. The van der Waals surface area contributed by atoms with Gasteiger partial charge in [0.25, 0.3) is 0 Å². The van der Waals surface area contributed by atoms with E-state index in [0.29, 0.717) is 26.2 Å². The van der Waals surface area contributed by atoms with Gasteiger partial charge in [0.05, 0.1) is 19.7 Å². The molecule has 0 aliphatic carbocycles.